The molecule has 0 unspecified atom stereocenters. The summed E-state index contributed by atoms with van der Waals surface area (Å²) in [7, 11) is 0. The lowest BCUT2D eigenvalue weighted by Gasteiger charge is -2.19. The Morgan fingerprint density at radius 1 is 0.971 bits per heavy atom. The summed E-state index contributed by atoms with van der Waals surface area (Å²) in [5.41, 5.74) is 2.22. The Bertz CT molecular complexity index is 1290. The van der Waals surface area contributed by atoms with E-state index >= 15 is 0 Å². The van der Waals surface area contributed by atoms with Gasteiger partial charge in [-0.1, -0.05) is 77.4 Å². The van der Waals surface area contributed by atoms with Crippen LogP contribution in [0.15, 0.2) is 89.5 Å². The molecule has 0 radical (unpaired) electrons. The highest BCUT2D eigenvalue weighted by Crippen LogP contribution is 2.42. The first-order chi connectivity index (χ1) is 16.5. The van der Waals surface area contributed by atoms with Gasteiger partial charge in [0.1, 0.15) is 16.7 Å². The highest BCUT2D eigenvalue weighted by atomic mass is 35.5. The third-order valence-corrected chi connectivity index (χ3v) is 6.95. The third kappa shape index (κ3) is 5.45. The molecule has 3 aromatic carbocycles. The van der Waals surface area contributed by atoms with Crippen LogP contribution < -0.4 is 10.2 Å². The molecular formula is C26H19Cl2N3O2S. The second-order valence-electron chi connectivity index (χ2n) is 7.55. The van der Waals surface area contributed by atoms with Crippen LogP contribution in [-0.4, -0.2) is 17.1 Å². The number of hydrogen-bond donors (Lipinski definition) is 1. The van der Waals surface area contributed by atoms with Crippen LogP contribution in [0.1, 0.15) is 11.1 Å². The molecule has 5 nitrogen and oxygen atoms in total. The molecule has 170 valence electrons. The van der Waals surface area contributed by atoms with Crippen LogP contribution in [0, 0.1) is 11.3 Å². The zero-order valence-corrected chi connectivity index (χ0v) is 20.2. The minimum absolute atomic E-state index is 0.113. The summed E-state index contributed by atoms with van der Waals surface area (Å²) < 4.78 is 0. The summed E-state index contributed by atoms with van der Waals surface area (Å²) in [5, 5.41) is 13.6. The molecule has 0 bridgehead atoms. The van der Waals surface area contributed by atoms with Crippen LogP contribution in [0.5, 0.6) is 0 Å². The first kappa shape index (κ1) is 23.9. The number of nitrogens with zero attached hydrogens (tertiary/aromatic N) is 2. The van der Waals surface area contributed by atoms with Crippen molar-refractivity contribution >= 4 is 52.5 Å². The largest absolute Gasteiger partial charge is 0.347 e. The summed E-state index contributed by atoms with van der Waals surface area (Å²) in [6.07, 6.45) is 0.405. The van der Waals surface area contributed by atoms with Gasteiger partial charge in [-0.2, -0.15) is 5.26 Å². The molecule has 1 aliphatic heterocycles. The van der Waals surface area contributed by atoms with E-state index in [-0.39, 0.29) is 18.0 Å². The topological polar surface area (TPSA) is 73.2 Å². The summed E-state index contributed by atoms with van der Waals surface area (Å²) in [6, 6.07) is 25.4. The normalized spacial score (nSPS) is 16.8. The van der Waals surface area contributed by atoms with Crippen LogP contribution in [-0.2, 0) is 22.6 Å². The van der Waals surface area contributed by atoms with Crippen LogP contribution in [0.4, 0.5) is 5.69 Å². The molecule has 34 heavy (non-hydrogen) atoms. The summed E-state index contributed by atoms with van der Waals surface area (Å²) in [4.78, 5) is 27.9. The first-order valence-electron chi connectivity index (χ1n) is 10.4. The van der Waals surface area contributed by atoms with Gasteiger partial charge in [-0.3, -0.25) is 14.5 Å². The molecule has 1 aliphatic rings. The lowest BCUT2D eigenvalue weighted by Crippen LogP contribution is -2.32. The van der Waals surface area contributed by atoms with Gasteiger partial charge in [-0.25, -0.2) is 0 Å². The van der Waals surface area contributed by atoms with E-state index in [1.165, 1.54) is 16.7 Å². The van der Waals surface area contributed by atoms with Gasteiger partial charge in [0.25, 0.3) is 5.91 Å². The van der Waals surface area contributed by atoms with Gasteiger partial charge in [0.05, 0.1) is 5.25 Å². The van der Waals surface area contributed by atoms with Crippen molar-refractivity contribution in [1.29, 1.82) is 5.26 Å². The Balaban J connectivity index is 1.67. The number of hydrogen-bond acceptors (Lipinski definition) is 4. The Hall–Kier alpha value is -3.24. The van der Waals surface area contributed by atoms with Crippen LogP contribution in [0.3, 0.4) is 0 Å². The summed E-state index contributed by atoms with van der Waals surface area (Å²) in [5.74, 6) is -0.755. The highest BCUT2D eigenvalue weighted by molar-refractivity contribution is 8.05. The van der Waals surface area contributed by atoms with Crippen LogP contribution >= 0.6 is 35.0 Å². The molecule has 0 aromatic heterocycles. The lowest BCUT2D eigenvalue weighted by atomic mass is 10.1. The van der Waals surface area contributed by atoms with E-state index in [2.05, 4.69) is 5.32 Å². The van der Waals surface area contributed by atoms with E-state index in [1.807, 2.05) is 54.6 Å². The van der Waals surface area contributed by atoms with E-state index < -0.39 is 11.2 Å². The molecule has 1 saturated heterocycles. The average molecular weight is 508 g/mol. The van der Waals surface area contributed by atoms with Crippen molar-refractivity contribution in [3.05, 3.63) is 111 Å². The average Bonchev–Trinajstić information content (AvgIpc) is 3.15. The number of thioether (sulfide) groups is 1. The molecule has 1 fully saturated rings. The number of nitriles is 1. The van der Waals surface area contributed by atoms with Crippen LogP contribution in [0.25, 0.3) is 0 Å². The zero-order chi connectivity index (χ0) is 24.1. The maximum Gasteiger partial charge on any atom is 0.264 e. The number of amides is 2. The van der Waals surface area contributed by atoms with Gasteiger partial charge in [0.2, 0.25) is 5.91 Å². The van der Waals surface area contributed by atoms with Crippen molar-refractivity contribution in [1.82, 2.24) is 5.32 Å². The number of anilines is 1. The second-order valence-corrected chi connectivity index (χ2v) is 9.62. The van der Waals surface area contributed by atoms with Crippen LogP contribution in [0.2, 0.25) is 10.0 Å². The predicted octanol–water partition coefficient (Wildman–Crippen LogP) is 5.74. The highest BCUT2D eigenvalue weighted by Gasteiger charge is 2.40. The smallest absolute Gasteiger partial charge is 0.264 e. The fraction of sp³-hybridized carbons (Fsp3) is 0.115. The molecule has 2 amide bonds. The fourth-order valence-electron chi connectivity index (χ4n) is 3.56. The Labute approximate surface area is 212 Å². The molecule has 0 spiro atoms. The number of carbonyl (C=O) groups excluding carboxylic acids is 2. The van der Waals surface area contributed by atoms with E-state index in [4.69, 9.17) is 23.2 Å². The van der Waals surface area contributed by atoms with Crippen molar-refractivity contribution in [2.24, 2.45) is 0 Å². The summed E-state index contributed by atoms with van der Waals surface area (Å²) in [6.45, 7) is 0.267. The second kappa shape index (κ2) is 10.8. The molecule has 1 N–H and O–H groups in total. The van der Waals surface area contributed by atoms with Crippen molar-refractivity contribution < 1.29 is 9.59 Å². The summed E-state index contributed by atoms with van der Waals surface area (Å²) >= 11 is 13.4. The zero-order valence-electron chi connectivity index (χ0n) is 17.9. The Morgan fingerprint density at radius 2 is 1.68 bits per heavy atom. The lowest BCUT2D eigenvalue weighted by molar-refractivity contribution is -0.117. The van der Waals surface area contributed by atoms with Crippen molar-refractivity contribution in [2.75, 3.05) is 4.90 Å². The number of nitrogens with one attached hydrogen (secondary N) is 1. The minimum Gasteiger partial charge on any atom is -0.347 e. The maximum absolute atomic E-state index is 13.5. The number of rotatable bonds is 6. The van der Waals surface area contributed by atoms with Crippen molar-refractivity contribution in [3.8, 4) is 6.07 Å². The molecule has 0 aliphatic carbocycles. The van der Waals surface area contributed by atoms with Gasteiger partial charge in [0.15, 0.2) is 0 Å². The van der Waals surface area contributed by atoms with Crippen molar-refractivity contribution in [2.45, 2.75) is 18.2 Å². The van der Waals surface area contributed by atoms with Gasteiger partial charge in [0, 0.05) is 22.3 Å². The standard InChI is InChI=1S/C26H19Cl2N3O2S/c27-19-9-11-21(12-10-19)31-25(33)23(14-18-7-4-8-20(28)13-18)34-26(31)22(15-29)24(32)30-16-17-5-2-1-3-6-17/h1-13,23H,14,16H2,(H,30,32)/b26-22-/t23-/m1/s1. The van der Waals surface area contributed by atoms with Gasteiger partial charge >= 0.3 is 0 Å². The van der Waals surface area contributed by atoms with E-state index in [1.54, 1.807) is 30.3 Å². The number of carbonyl (C=O) groups is 2. The third-order valence-electron chi connectivity index (χ3n) is 5.20. The number of halogens is 2. The fourth-order valence-corrected chi connectivity index (χ4v) is 5.20. The SMILES string of the molecule is N#C/C(C(=O)NCc1ccccc1)=C1/S[C@H](Cc2cccc(Cl)c2)C(=O)N1c1ccc(Cl)cc1. The molecule has 0 saturated carbocycles. The van der Waals surface area contributed by atoms with Crippen molar-refractivity contribution in [3.63, 3.8) is 0 Å². The molecule has 1 atom stereocenters. The molecule has 3 aromatic rings. The predicted molar refractivity (Wildman–Crippen MR) is 136 cm³/mol. The van der Waals surface area contributed by atoms with E-state index in [0.717, 1.165) is 11.1 Å². The molecule has 1 heterocycles. The molecule has 8 heteroatoms. The first-order valence-corrected chi connectivity index (χ1v) is 12.1. The quantitative estimate of drug-likeness (QED) is 0.341. The molecule has 4 rings (SSSR count). The Kier molecular flexibility index (Phi) is 7.59. The monoisotopic (exact) mass is 507 g/mol. The van der Waals surface area contributed by atoms with Gasteiger partial charge in [-0.05, 0) is 53.9 Å². The number of benzene rings is 3. The Morgan fingerprint density at radius 3 is 2.35 bits per heavy atom. The maximum atomic E-state index is 13.5. The molecular weight excluding hydrogens is 489 g/mol. The van der Waals surface area contributed by atoms with Gasteiger partial charge < -0.3 is 5.32 Å². The van der Waals surface area contributed by atoms with E-state index in [0.29, 0.717) is 27.2 Å². The minimum atomic E-state index is -0.538. The van der Waals surface area contributed by atoms with Gasteiger partial charge in [-0.15, -0.1) is 0 Å². The van der Waals surface area contributed by atoms with E-state index in [9.17, 15) is 14.9 Å².